The van der Waals surface area contributed by atoms with E-state index in [9.17, 15) is 10.1 Å². The van der Waals surface area contributed by atoms with E-state index >= 15 is 0 Å². The van der Waals surface area contributed by atoms with Crippen molar-refractivity contribution < 1.29 is 4.92 Å². The minimum absolute atomic E-state index is 0.0239. The van der Waals surface area contributed by atoms with Crippen LogP contribution in [-0.2, 0) is 0 Å². The van der Waals surface area contributed by atoms with Gasteiger partial charge in [0, 0.05) is 18.8 Å². The number of aromatic nitrogens is 1. The number of nitro groups is 1. The van der Waals surface area contributed by atoms with Crippen molar-refractivity contribution in [2.45, 2.75) is 19.4 Å². The van der Waals surface area contributed by atoms with Gasteiger partial charge in [-0.3, -0.25) is 15.1 Å². The number of hydrogen-bond acceptors (Lipinski definition) is 5. The van der Waals surface area contributed by atoms with Crippen LogP contribution < -0.4 is 11.1 Å². The number of nitrogens with zero attached hydrogens (tertiary/aromatic N) is 2. The summed E-state index contributed by atoms with van der Waals surface area (Å²) in [6.07, 6.45) is 2.43. The number of pyridine rings is 1. The van der Waals surface area contributed by atoms with E-state index in [0.717, 1.165) is 6.42 Å². The number of rotatable bonds is 5. The zero-order chi connectivity index (χ0) is 13.8. The molecule has 0 bridgehead atoms. The van der Waals surface area contributed by atoms with Gasteiger partial charge in [0.1, 0.15) is 5.69 Å². The van der Waals surface area contributed by atoms with Gasteiger partial charge in [-0.15, -0.1) is 0 Å². The van der Waals surface area contributed by atoms with Crippen LogP contribution in [0.1, 0.15) is 13.3 Å². The van der Waals surface area contributed by atoms with Crippen LogP contribution in [0.2, 0.25) is 0 Å². The van der Waals surface area contributed by atoms with E-state index in [1.54, 1.807) is 30.5 Å². The lowest BCUT2D eigenvalue weighted by Gasteiger charge is -2.12. The Morgan fingerprint density at radius 3 is 2.95 bits per heavy atom. The van der Waals surface area contributed by atoms with Gasteiger partial charge < -0.3 is 11.1 Å². The summed E-state index contributed by atoms with van der Waals surface area (Å²) in [5.41, 5.74) is 6.96. The summed E-state index contributed by atoms with van der Waals surface area (Å²) < 4.78 is 0. The highest BCUT2D eigenvalue weighted by Gasteiger charge is 2.18. The van der Waals surface area contributed by atoms with E-state index in [2.05, 4.69) is 10.3 Å². The molecular formula is C13H16N4O2. The fourth-order valence-corrected chi connectivity index (χ4v) is 1.86. The lowest BCUT2D eigenvalue weighted by molar-refractivity contribution is -0.382. The monoisotopic (exact) mass is 260 g/mol. The largest absolute Gasteiger partial charge is 0.378 e. The summed E-state index contributed by atoms with van der Waals surface area (Å²) in [5, 5.41) is 14.8. The highest BCUT2D eigenvalue weighted by Crippen LogP contribution is 2.32. The number of benzene rings is 1. The Morgan fingerprint density at radius 2 is 2.26 bits per heavy atom. The Morgan fingerprint density at radius 1 is 1.47 bits per heavy atom. The molecule has 2 aromatic rings. The molecule has 0 aliphatic rings. The molecule has 0 aliphatic carbocycles. The minimum Gasteiger partial charge on any atom is -0.378 e. The fraction of sp³-hybridized carbons (Fsp3) is 0.308. The molecule has 0 radical (unpaired) electrons. The van der Waals surface area contributed by atoms with Crippen LogP contribution in [0.15, 0.2) is 30.5 Å². The van der Waals surface area contributed by atoms with Gasteiger partial charge >= 0.3 is 5.69 Å². The summed E-state index contributed by atoms with van der Waals surface area (Å²) in [7, 11) is 0. The average Bonchev–Trinajstić information content (AvgIpc) is 2.43. The van der Waals surface area contributed by atoms with Crippen molar-refractivity contribution in [2.75, 3.05) is 11.9 Å². The van der Waals surface area contributed by atoms with E-state index in [0.29, 0.717) is 23.1 Å². The lowest BCUT2D eigenvalue weighted by atomic mass is 10.1. The number of fused-ring (bicyclic) bond motifs is 1. The summed E-state index contributed by atoms with van der Waals surface area (Å²) in [5.74, 6) is 0. The van der Waals surface area contributed by atoms with Gasteiger partial charge in [-0.05, 0) is 30.7 Å². The average molecular weight is 260 g/mol. The van der Waals surface area contributed by atoms with Gasteiger partial charge in [0.05, 0.1) is 15.8 Å². The Bertz CT molecular complexity index is 600. The first-order valence-electron chi connectivity index (χ1n) is 6.15. The molecule has 0 saturated heterocycles. The molecule has 1 heterocycles. The number of nitrogens with two attached hydrogens (primary N) is 1. The van der Waals surface area contributed by atoms with Crippen LogP contribution in [0.5, 0.6) is 0 Å². The van der Waals surface area contributed by atoms with Crippen LogP contribution in [0.4, 0.5) is 11.4 Å². The van der Waals surface area contributed by atoms with Crippen LogP contribution in [-0.4, -0.2) is 22.5 Å². The molecule has 1 unspecified atom stereocenters. The van der Waals surface area contributed by atoms with E-state index < -0.39 is 0 Å². The van der Waals surface area contributed by atoms with E-state index in [-0.39, 0.29) is 16.7 Å². The van der Waals surface area contributed by atoms with E-state index in [4.69, 9.17) is 5.73 Å². The van der Waals surface area contributed by atoms with Crippen molar-refractivity contribution in [3.05, 3.63) is 40.6 Å². The predicted molar refractivity (Wildman–Crippen MR) is 75.2 cm³/mol. The molecule has 100 valence electrons. The summed E-state index contributed by atoms with van der Waals surface area (Å²) in [6, 6.07) is 6.81. The van der Waals surface area contributed by atoms with Crippen molar-refractivity contribution in [1.29, 1.82) is 0 Å². The number of nitro benzene ring substituents is 1. The molecule has 2 rings (SSSR count). The fourth-order valence-electron chi connectivity index (χ4n) is 1.86. The SMILES string of the molecule is CCC(N)CNc1ccc2ncccc2c1[N+](=O)[O-]. The molecule has 0 fully saturated rings. The Labute approximate surface area is 110 Å². The molecule has 3 N–H and O–H groups in total. The van der Waals surface area contributed by atoms with Crippen molar-refractivity contribution in [3.8, 4) is 0 Å². The third-order valence-electron chi connectivity index (χ3n) is 3.02. The van der Waals surface area contributed by atoms with E-state index in [1.165, 1.54) is 0 Å². The minimum atomic E-state index is -0.385. The number of nitrogens with one attached hydrogen (secondary N) is 1. The molecule has 6 nitrogen and oxygen atoms in total. The first kappa shape index (κ1) is 13.2. The highest BCUT2D eigenvalue weighted by atomic mass is 16.6. The summed E-state index contributed by atoms with van der Waals surface area (Å²) in [4.78, 5) is 15.0. The second-order valence-electron chi connectivity index (χ2n) is 4.34. The quantitative estimate of drug-likeness (QED) is 0.635. The standard InChI is InChI=1S/C13H16N4O2/c1-2-9(14)8-16-12-6-5-11-10(4-3-7-15-11)13(12)17(18)19/h3-7,9,16H,2,8,14H2,1H3. The molecule has 1 aromatic heterocycles. The van der Waals surface area contributed by atoms with Gasteiger partial charge in [0.2, 0.25) is 0 Å². The molecule has 0 spiro atoms. The van der Waals surface area contributed by atoms with Crippen LogP contribution in [0.3, 0.4) is 0 Å². The number of anilines is 1. The molecule has 0 saturated carbocycles. The molecule has 0 aliphatic heterocycles. The molecule has 1 atom stereocenters. The Hall–Kier alpha value is -2.21. The van der Waals surface area contributed by atoms with Crippen LogP contribution in [0.25, 0.3) is 10.9 Å². The van der Waals surface area contributed by atoms with Gasteiger partial charge in [-0.25, -0.2) is 0 Å². The second kappa shape index (κ2) is 5.62. The first-order chi connectivity index (χ1) is 9.13. The zero-order valence-electron chi connectivity index (χ0n) is 10.7. The van der Waals surface area contributed by atoms with Crippen molar-refractivity contribution in [1.82, 2.24) is 4.98 Å². The molecule has 1 aromatic carbocycles. The lowest BCUT2D eigenvalue weighted by Crippen LogP contribution is -2.28. The molecular weight excluding hydrogens is 244 g/mol. The highest BCUT2D eigenvalue weighted by molar-refractivity contribution is 5.94. The number of hydrogen-bond donors (Lipinski definition) is 2. The van der Waals surface area contributed by atoms with Crippen molar-refractivity contribution in [3.63, 3.8) is 0 Å². The zero-order valence-corrected chi connectivity index (χ0v) is 10.7. The Balaban J connectivity index is 2.43. The predicted octanol–water partition coefficient (Wildman–Crippen LogP) is 2.29. The smallest absolute Gasteiger partial charge is 0.301 e. The van der Waals surface area contributed by atoms with E-state index in [1.807, 2.05) is 6.92 Å². The molecule has 0 amide bonds. The van der Waals surface area contributed by atoms with Gasteiger partial charge in [0.25, 0.3) is 0 Å². The first-order valence-corrected chi connectivity index (χ1v) is 6.15. The maximum Gasteiger partial charge on any atom is 0.301 e. The van der Waals surface area contributed by atoms with Crippen LogP contribution in [0, 0.1) is 10.1 Å². The van der Waals surface area contributed by atoms with Gasteiger partial charge in [-0.2, -0.15) is 0 Å². The maximum atomic E-state index is 11.3. The Kier molecular flexibility index (Phi) is 3.91. The normalized spacial score (nSPS) is 12.3. The maximum absolute atomic E-state index is 11.3. The van der Waals surface area contributed by atoms with Gasteiger partial charge in [0.15, 0.2) is 0 Å². The van der Waals surface area contributed by atoms with Crippen LogP contribution >= 0.6 is 0 Å². The molecule has 6 heteroatoms. The van der Waals surface area contributed by atoms with Crippen molar-refractivity contribution in [2.24, 2.45) is 5.73 Å². The summed E-state index contributed by atoms with van der Waals surface area (Å²) >= 11 is 0. The molecule has 19 heavy (non-hydrogen) atoms. The third kappa shape index (κ3) is 2.79. The summed E-state index contributed by atoms with van der Waals surface area (Å²) in [6.45, 7) is 2.48. The third-order valence-corrected chi connectivity index (χ3v) is 3.02. The van der Waals surface area contributed by atoms with Crippen molar-refractivity contribution >= 4 is 22.3 Å². The second-order valence-corrected chi connectivity index (χ2v) is 4.34. The van der Waals surface area contributed by atoms with Gasteiger partial charge in [-0.1, -0.05) is 6.92 Å². The topological polar surface area (TPSA) is 94.1 Å².